The van der Waals surface area contributed by atoms with Crippen molar-refractivity contribution in [3.05, 3.63) is 48.0 Å². The minimum absolute atomic E-state index is 0.0231. The van der Waals surface area contributed by atoms with Crippen LogP contribution in [0.2, 0.25) is 0 Å². The third kappa shape index (κ3) is 2.56. The molecule has 0 aliphatic heterocycles. The molecule has 18 heavy (non-hydrogen) atoms. The van der Waals surface area contributed by atoms with Crippen molar-refractivity contribution in [1.82, 2.24) is 0 Å². The van der Waals surface area contributed by atoms with Crippen molar-refractivity contribution >= 4 is 0 Å². The van der Waals surface area contributed by atoms with Crippen LogP contribution in [-0.4, -0.2) is 10.2 Å². The highest BCUT2D eigenvalue weighted by Crippen LogP contribution is 2.35. The topological polar surface area (TPSA) is 40.5 Å². The maximum Gasteiger partial charge on any atom is 0.416 e. The number of benzene rings is 2. The summed E-state index contributed by atoms with van der Waals surface area (Å²) < 4.78 is 37.7. The quantitative estimate of drug-likeness (QED) is 0.812. The van der Waals surface area contributed by atoms with E-state index in [4.69, 9.17) is 5.11 Å². The Hall–Kier alpha value is -2.17. The largest absolute Gasteiger partial charge is 0.508 e. The molecule has 0 spiro atoms. The Labute approximate surface area is 101 Å². The van der Waals surface area contributed by atoms with Crippen LogP contribution >= 0.6 is 0 Å². The second-order valence-corrected chi connectivity index (χ2v) is 3.81. The van der Waals surface area contributed by atoms with Crippen LogP contribution in [0, 0.1) is 0 Å². The zero-order valence-corrected chi connectivity index (χ0v) is 9.07. The van der Waals surface area contributed by atoms with E-state index in [1.807, 2.05) is 0 Å². The van der Waals surface area contributed by atoms with Gasteiger partial charge in [-0.05, 0) is 41.5 Å². The van der Waals surface area contributed by atoms with Crippen molar-refractivity contribution in [2.75, 3.05) is 0 Å². The van der Waals surface area contributed by atoms with E-state index in [0.29, 0.717) is 11.6 Å². The molecule has 0 aliphatic rings. The van der Waals surface area contributed by atoms with Gasteiger partial charge in [-0.25, -0.2) is 0 Å². The number of rotatable bonds is 1. The predicted molar refractivity (Wildman–Crippen MR) is 60.2 cm³/mol. The molecule has 2 aromatic carbocycles. The molecule has 2 N–H and O–H groups in total. The Balaban J connectivity index is 2.52. The lowest BCUT2D eigenvalue weighted by Crippen LogP contribution is -2.04. The summed E-state index contributed by atoms with van der Waals surface area (Å²) in [6, 6.07) is 8.55. The van der Waals surface area contributed by atoms with Gasteiger partial charge in [-0.1, -0.05) is 12.1 Å². The van der Waals surface area contributed by atoms with E-state index in [-0.39, 0.29) is 11.3 Å². The molecule has 2 aromatic rings. The van der Waals surface area contributed by atoms with E-state index < -0.39 is 17.5 Å². The van der Waals surface area contributed by atoms with Gasteiger partial charge in [0, 0.05) is 0 Å². The highest BCUT2D eigenvalue weighted by atomic mass is 19.4. The van der Waals surface area contributed by atoms with E-state index in [2.05, 4.69) is 0 Å². The monoisotopic (exact) mass is 254 g/mol. The molecular formula is C13H9F3O2. The maximum absolute atomic E-state index is 12.6. The molecule has 0 atom stereocenters. The zero-order chi connectivity index (χ0) is 13.3. The van der Waals surface area contributed by atoms with E-state index in [1.54, 1.807) is 0 Å². The van der Waals surface area contributed by atoms with Crippen molar-refractivity contribution in [3.8, 4) is 22.6 Å². The van der Waals surface area contributed by atoms with Crippen LogP contribution in [0.4, 0.5) is 13.2 Å². The summed E-state index contributed by atoms with van der Waals surface area (Å²) in [7, 11) is 0. The van der Waals surface area contributed by atoms with E-state index in [0.717, 1.165) is 6.07 Å². The van der Waals surface area contributed by atoms with Gasteiger partial charge in [0.2, 0.25) is 0 Å². The minimum atomic E-state index is -4.51. The molecule has 5 heteroatoms. The van der Waals surface area contributed by atoms with Crippen molar-refractivity contribution in [1.29, 1.82) is 0 Å². The summed E-state index contributed by atoms with van der Waals surface area (Å²) in [6.45, 7) is 0. The first-order valence-corrected chi connectivity index (χ1v) is 5.07. The molecule has 94 valence electrons. The Morgan fingerprint density at radius 1 is 0.722 bits per heavy atom. The Kier molecular flexibility index (Phi) is 2.90. The molecular weight excluding hydrogens is 245 g/mol. The fourth-order valence-electron chi connectivity index (χ4n) is 1.60. The molecule has 0 aliphatic carbocycles. The summed E-state index contributed by atoms with van der Waals surface area (Å²) in [5, 5.41) is 18.4. The first-order chi connectivity index (χ1) is 8.36. The normalized spacial score (nSPS) is 11.5. The maximum atomic E-state index is 12.6. The summed E-state index contributed by atoms with van der Waals surface area (Å²) in [6.07, 6.45) is -4.51. The molecule has 0 bridgehead atoms. The third-order valence-corrected chi connectivity index (χ3v) is 2.45. The number of halogens is 3. The summed E-state index contributed by atoms with van der Waals surface area (Å²) >= 11 is 0. The number of phenolic OH excluding ortho intramolecular Hbond substituents is 2. The van der Waals surface area contributed by atoms with Gasteiger partial charge in [-0.15, -0.1) is 0 Å². The summed E-state index contributed by atoms with van der Waals surface area (Å²) in [5.74, 6) is -0.428. The number of alkyl halides is 3. The smallest absolute Gasteiger partial charge is 0.416 e. The molecule has 0 radical (unpaired) electrons. The Morgan fingerprint density at radius 2 is 1.33 bits per heavy atom. The second kappa shape index (κ2) is 4.25. The summed E-state index contributed by atoms with van der Waals surface area (Å²) in [4.78, 5) is 0. The van der Waals surface area contributed by atoms with Crippen LogP contribution in [0.25, 0.3) is 11.1 Å². The highest BCUT2D eigenvalue weighted by molar-refractivity contribution is 5.66. The average Bonchev–Trinajstić information content (AvgIpc) is 2.28. The lowest BCUT2D eigenvalue weighted by molar-refractivity contribution is -0.137. The zero-order valence-electron chi connectivity index (χ0n) is 9.07. The SMILES string of the molecule is Oc1ccc(-c2cc(O)cc(C(F)(F)F)c2)cc1. The van der Waals surface area contributed by atoms with Crippen molar-refractivity contribution in [2.24, 2.45) is 0 Å². The van der Waals surface area contributed by atoms with Crippen LogP contribution < -0.4 is 0 Å². The average molecular weight is 254 g/mol. The van der Waals surface area contributed by atoms with Crippen LogP contribution in [0.5, 0.6) is 11.5 Å². The fraction of sp³-hybridized carbons (Fsp3) is 0.0769. The molecule has 0 unspecified atom stereocenters. The molecule has 0 heterocycles. The fourth-order valence-corrected chi connectivity index (χ4v) is 1.60. The molecule has 2 rings (SSSR count). The van der Waals surface area contributed by atoms with E-state index in [1.165, 1.54) is 30.3 Å². The van der Waals surface area contributed by atoms with Gasteiger partial charge in [-0.2, -0.15) is 13.2 Å². The second-order valence-electron chi connectivity index (χ2n) is 3.81. The van der Waals surface area contributed by atoms with Crippen molar-refractivity contribution < 1.29 is 23.4 Å². The van der Waals surface area contributed by atoms with Crippen molar-refractivity contribution in [2.45, 2.75) is 6.18 Å². The van der Waals surface area contributed by atoms with Crippen LogP contribution in [0.1, 0.15) is 5.56 Å². The molecule has 0 saturated carbocycles. The minimum Gasteiger partial charge on any atom is -0.508 e. The highest BCUT2D eigenvalue weighted by Gasteiger charge is 2.31. The lowest BCUT2D eigenvalue weighted by atomic mass is 10.0. The van der Waals surface area contributed by atoms with Crippen LogP contribution in [0.15, 0.2) is 42.5 Å². The van der Waals surface area contributed by atoms with Gasteiger partial charge in [0.15, 0.2) is 0 Å². The number of hydrogen-bond donors (Lipinski definition) is 2. The number of hydrogen-bond acceptors (Lipinski definition) is 2. The van der Waals surface area contributed by atoms with Gasteiger partial charge in [-0.3, -0.25) is 0 Å². The van der Waals surface area contributed by atoms with Gasteiger partial charge >= 0.3 is 6.18 Å². The number of phenols is 2. The molecule has 0 saturated heterocycles. The Bertz CT molecular complexity index is 559. The van der Waals surface area contributed by atoms with Crippen molar-refractivity contribution in [3.63, 3.8) is 0 Å². The Morgan fingerprint density at radius 3 is 1.89 bits per heavy atom. The molecule has 0 fully saturated rings. The summed E-state index contributed by atoms with van der Waals surface area (Å²) in [5.41, 5.74) is -0.192. The molecule has 0 amide bonds. The van der Waals surface area contributed by atoms with Gasteiger partial charge in [0.05, 0.1) is 5.56 Å². The first-order valence-electron chi connectivity index (χ1n) is 5.07. The van der Waals surface area contributed by atoms with E-state index >= 15 is 0 Å². The molecule has 0 aromatic heterocycles. The van der Waals surface area contributed by atoms with Gasteiger partial charge in [0.1, 0.15) is 11.5 Å². The third-order valence-electron chi connectivity index (χ3n) is 2.45. The van der Waals surface area contributed by atoms with Crippen LogP contribution in [0.3, 0.4) is 0 Å². The van der Waals surface area contributed by atoms with Crippen LogP contribution in [-0.2, 0) is 6.18 Å². The standard InChI is InChI=1S/C13H9F3O2/c14-13(15,16)10-5-9(6-12(18)7-10)8-1-3-11(17)4-2-8/h1-7,17-18H. The lowest BCUT2D eigenvalue weighted by Gasteiger charge is -2.10. The first kappa shape index (κ1) is 12.3. The van der Waals surface area contributed by atoms with Gasteiger partial charge in [0.25, 0.3) is 0 Å². The predicted octanol–water partition coefficient (Wildman–Crippen LogP) is 3.78. The van der Waals surface area contributed by atoms with E-state index in [9.17, 15) is 18.3 Å². The number of aromatic hydroxyl groups is 2. The molecule has 2 nitrogen and oxygen atoms in total. The van der Waals surface area contributed by atoms with Gasteiger partial charge < -0.3 is 10.2 Å².